The molecule has 32 heavy (non-hydrogen) atoms. The van der Waals surface area contributed by atoms with Gasteiger partial charge in [-0.3, -0.25) is 9.20 Å². The van der Waals surface area contributed by atoms with Gasteiger partial charge in [-0.2, -0.15) is 0 Å². The van der Waals surface area contributed by atoms with Gasteiger partial charge in [-0.25, -0.2) is 9.97 Å². The maximum Gasteiger partial charge on any atom is 0.265 e. The van der Waals surface area contributed by atoms with Crippen LogP contribution in [0.4, 0.5) is 21.5 Å². The second-order valence-electron chi connectivity index (χ2n) is 7.35. The highest BCUT2D eigenvalue weighted by Crippen LogP contribution is 2.32. The zero-order valence-corrected chi connectivity index (χ0v) is 19.1. The lowest BCUT2D eigenvalue weighted by atomic mass is 10.2. The largest absolute Gasteiger partial charge is 0.397 e. The van der Waals surface area contributed by atoms with E-state index in [0.717, 1.165) is 32.9 Å². The number of thiophene rings is 1. The van der Waals surface area contributed by atoms with E-state index in [1.165, 1.54) is 28.2 Å². The molecule has 0 spiro atoms. The van der Waals surface area contributed by atoms with Crippen molar-refractivity contribution in [2.45, 2.75) is 13.8 Å². The Balaban J connectivity index is 1.34. The van der Waals surface area contributed by atoms with E-state index in [2.05, 4.69) is 39.1 Å². The van der Waals surface area contributed by atoms with Crippen LogP contribution >= 0.6 is 22.7 Å². The standard InChI is InChI=1S/C23H20N6OS2/c1-13-9-10-29-19(11-13)25-14(2)21(29)17-12-31-23(27-17)28-20-8-7-18(32-20)22(30)26-16-6-4-3-5-15(16)24/h3-12H,24H2,1-2H3,(H,26,30)(H,27,28). The summed E-state index contributed by atoms with van der Waals surface area (Å²) in [6.45, 7) is 4.05. The van der Waals surface area contributed by atoms with Crippen molar-refractivity contribution in [1.29, 1.82) is 0 Å². The second-order valence-corrected chi connectivity index (χ2v) is 9.29. The molecule has 0 radical (unpaired) electrons. The van der Waals surface area contributed by atoms with Crippen molar-refractivity contribution < 1.29 is 4.79 Å². The number of fused-ring (bicyclic) bond motifs is 1. The molecule has 1 aromatic carbocycles. The fourth-order valence-corrected chi connectivity index (χ4v) is 5.01. The minimum atomic E-state index is -0.197. The molecule has 0 saturated carbocycles. The first kappa shape index (κ1) is 20.2. The summed E-state index contributed by atoms with van der Waals surface area (Å²) in [7, 11) is 0. The van der Waals surface area contributed by atoms with Crippen molar-refractivity contribution in [3.8, 4) is 11.4 Å². The van der Waals surface area contributed by atoms with E-state index in [-0.39, 0.29) is 5.91 Å². The number of rotatable bonds is 5. The number of amides is 1. The van der Waals surface area contributed by atoms with Gasteiger partial charge in [0, 0.05) is 11.6 Å². The highest BCUT2D eigenvalue weighted by atomic mass is 32.1. The molecule has 0 saturated heterocycles. The van der Waals surface area contributed by atoms with Gasteiger partial charge in [0.1, 0.15) is 11.3 Å². The summed E-state index contributed by atoms with van der Waals surface area (Å²) in [5.41, 5.74) is 11.9. The van der Waals surface area contributed by atoms with Crippen LogP contribution < -0.4 is 16.4 Å². The number of nitrogens with zero attached hydrogens (tertiary/aromatic N) is 3. The molecule has 4 N–H and O–H groups in total. The van der Waals surface area contributed by atoms with Crippen molar-refractivity contribution in [1.82, 2.24) is 14.4 Å². The maximum atomic E-state index is 12.6. The number of carbonyl (C=O) groups is 1. The number of hydrogen-bond acceptors (Lipinski definition) is 7. The van der Waals surface area contributed by atoms with Gasteiger partial charge in [-0.15, -0.1) is 22.7 Å². The predicted octanol–water partition coefficient (Wildman–Crippen LogP) is 5.71. The molecule has 0 fully saturated rings. The number of nitrogens with one attached hydrogen (secondary N) is 2. The smallest absolute Gasteiger partial charge is 0.265 e. The number of pyridine rings is 1. The first-order valence-corrected chi connectivity index (χ1v) is 11.6. The Labute approximate surface area is 192 Å². The first-order chi connectivity index (χ1) is 15.5. The third-order valence-corrected chi connectivity index (χ3v) is 6.73. The molecule has 0 unspecified atom stereocenters. The van der Waals surface area contributed by atoms with Gasteiger partial charge in [0.05, 0.1) is 32.6 Å². The number of imidazole rings is 1. The number of para-hydroxylation sites is 2. The third kappa shape index (κ3) is 3.83. The zero-order valence-electron chi connectivity index (χ0n) is 17.4. The van der Waals surface area contributed by atoms with Crippen LogP contribution in [0, 0.1) is 13.8 Å². The topological polar surface area (TPSA) is 97.3 Å². The van der Waals surface area contributed by atoms with Gasteiger partial charge >= 0.3 is 0 Å². The van der Waals surface area contributed by atoms with Gasteiger partial charge < -0.3 is 16.4 Å². The molecule has 4 heterocycles. The third-order valence-electron chi connectivity index (χ3n) is 4.97. The molecule has 0 aliphatic rings. The highest BCUT2D eigenvalue weighted by Gasteiger charge is 2.16. The highest BCUT2D eigenvalue weighted by molar-refractivity contribution is 7.19. The monoisotopic (exact) mass is 460 g/mol. The first-order valence-electron chi connectivity index (χ1n) is 9.92. The molecular weight excluding hydrogens is 440 g/mol. The Hall–Kier alpha value is -3.69. The summed E-state index contributed by atoms with van der Waals surface area (Å²) in [6.07, 6.45) is 2.02. The summed E-state index contributed by atoms with van der Waals surface area (Å²) in [5, 5.41) is 9.75. The van der Waals surface area contributed by atoms with Gasteiger partial charge in [-0.05, 0) is 55.8 Å². The van der Waals surface area contributed by atoms with Gasteiger partial charge in [-0.1, -0.05) is 12.1 Å². The van der Waals surface area contributed by atoms with E-state index in [4.69, 9.17) is 10.7 Å². The number of nitrogens with two attached hydrogens (primary N) is 1. The fraction of sp³-hybridized carbons (Fsp3) is 0.0870. The summed E-state index contributed by atoms with van der Waals surface area (Å²) in [6, 6.07) is 15.0. The minimum absolute atomic E-state index is 0.197. The SMILES string of the molecule is Cc1ccn2c(-c3csc(Nc4ccc(C(=O)Nc5ccccc5N)s4)n3)c(C)nc2c1. The van der Waals surface area contributed by atoms with Crippen molar-refractivity contribution in [3.63, 3.8) is 0 Å². The molecule has 0 aliphatic carbocycles. The molecule has 1 amide bonds. The van der Waals surface area contributed by atoms with Crippen LogP contribution in [0.1, 0.15) is 20.9 Å². The van der Waals surface area contributed by atoms with E-state index in [1.54, 1.807) is 18.2 Å². The number of nitrogen functional groups attached to an aromatic ring is 1. The summed E-state index contributed by atoms with van der Waals surface area (Å²) < 4.78 is 2.06. The van der Waals surface area contributed by atoms with Gasteiger partial charge in [0.15, 0.2) is 5.13 Å². The van der Waals surface area contributed by atoms with Crippen LogP contribution in [0.5, 0.6) is 0 Å². The number of aryl methyl sites for hydroxylation is 2. The van der Waals surface area contributed by atoms with E-state index >= 15 is 0 Å². The second kappa shape index (κ2) is 8.10. The zero-order chi connectivity index (χ0) is 22.2. The van der Waals surface area contributed by atoms with Crippen molar-refractivity contribution >= 4 is 55.7 Å². The summed E-state index contributed by atoms with van der Waals surface area (Å²) >= 11 is 2.87. The molecule has 0 bridgehead atoms. The normalized spacial score (nSPS) is 11.1. The number of thiazole rings is 1. The molecule has 7 nitrogen and oxygen atoms in total. The molecule has 5 aromatic rings. The number of anilines is 4. The average molecular weight is 461 g/mol. The molecular formula is C23H20N6OS2. The van der Waals surface area contributed by atoms with Crippen molar-refractivity contribution in [3.05, 3.63) is 76.2 Å². The van der Waals surface area contributed by atoms with Crippen molar-refractivity contribution in [2.24, 2.45) is 0 Å². The number of carbonyl (C=O) groups excluding carboxylic acids is 1. The van der Waals surface area contributed by atoms with Crippen LogP contribution in [0.15, 0.2) is 60.1 Å². The minimum Gasteiger partial charge on any atom is -0.397 e. The average Bonchev–Trinajstić information content (AvgIpc) is 3.48. The summed E-state index contributed by atoms with van der Waals surface area (Å²) in [5.74, 6) is -0.197. The molecule has 0 atom stereocenters. The number of aromatic nitrogens is 3. The number of hydrogen-bond donors (Lipinski definition) is 3. The van der Waals surface area contributed by atoms with Crippen LogP contribution in [-0.2, 0) is 0 Å². The molecule has 5 rings (SSSR count). The van der Waals surface area contributed by atoms with Crippen LogP contribution in [0.3, 0.4) is 0 Å². The molecule has 0 aliphatic heterocycles. The van der Waals surface area contributed by atoms with E-state index in [9.17, 15) is 4.79 Å². The molecule has 160 valence electrons. The van der Waals surface area contributed by atoms with Gasteiger partial charge in [0.25, 0.3) is 5.91 Å². The van der Waals surface area contributed by atoms with Crippen LogP contribution in [0.25, 0.3) is 17.0 Å². The molecule has 4 aromatic heterocycles. The lowest BCUT2D eigenvalue weighted by Gasteiger charge is -2.06. The van der Waals surface area contributed by atoms with Crippen LogP contribution in [0.2, 0.25) is 0 Å². The molecule has 9 heteroatoms. The number of benzene rings is 1. The Morgan fingerprint density at radius 1 is 1.09 bits per heavy atom. The van der Waals surface area contributed by atoms with Crippen molar-refractivity contribution in [2.75, 3.05) is 16.4 Å². The Morgan fingerprint density at radius 3 is 2.78 bits per heavy atom. The van der Waals surface area contributed by atoms with Crippen LogP contribution in [-0.4, -0.2) is 20.3 Å². The quantitative estimate of drug-likeness (QED) is 0.292. The maximum absolute atomic E-state index is 12.6. The van der Waals surface area contributed by atoms with E-state index < -0.39 is 0 Å². The lowest BCUT2D eigenvalue weighted by molar-refractivity contribution is 0.103. The van der Waals surface area contributed by atoms with E-state index in [1.807, 2.05) is 36.7 Å². The predicted molar refractivity (Wildman–Crippen MR) is 132 cm³/mol. The van der Waals surface area contributed by atoms with Gasteiger partial charge in [0.2, 0.25) is 0 Å². The Bertz CT molecular complexity index is 1450. The Kier molecular flexibility index (Phi) is 5.12. The fourth-order valence-electron chi connectivity index (χ4n) is 3.44. The lowest BCUT2D eigenvalue weighted by Crippen LogP contribution is -2.11. The summed E-state index contributed by atoms with van der Waals surface area (Å²) in [4.78, 5) is 22.6. The van der Waals surface area contributed by atoms with E-state index in [0.29, 0.717) is 16.3 Å². The Morgan fingerprint density at radius 2 is 1.94 bits per heavy atom.